The SMILES string of the molecule is CCOc1ccccc1N1C[C@@H](C(=O)N2CCc3ccccc3C2)CC1=O. The predicted octanol–water partition coefficient (Wildman–Crippen LogP) is 3.02. The van der Waals surface area contributed by atoms with Gasteiger partial charge >= 0.3 is 0 Å². The smallest absolute Gasteiger partial charge is 0.228 e. The van der Waals surface area contributed by atoms with Crippen LogP contribution in [0.5, 0.6) is 5.75 Å². The number of carbonyl (C=O) groups is 2. The highest BCUT2D eigenvalue weighted by atomic mass is 16.5. The van der Waals surface area contributed by atoms with E-state index in [0.29, 0.717) is 25.4 Å². The third-order valence-corrected chi connectivity index (χ3v) is 5.37. The van der Waals surface area contributed by atoms with Crippen molar-refractivity contribution in [3.05, 3.63) is 59.7 Å². The Hall–Kier alpha value is -2.82. The van der Waals surface area contributed by atoms with E-state index in [2.05, 4.69) is 12.1 Å². The minimum atomic E-state index is -0.294. The van der Waals surface area contributed by atoms with Gasteiger partial charge in [0, 0.05) is 26.1 Å². The minimum absolute atomic E-state index is 0.0158. The molecule has 4 rings (SSSR count). The first-order chi connectivity index (χ1) is 13.2. The van der Waals surface area contributed by atoms with E-state index >= 15 is 0 Å². The zero-order valence-corrected chi connectivity index (χ0v) is 15.6. The minimum Gasteiger partial charge on any atom is -0.492 e. The molecule has 140 valence electrons. The molecule has 0 unspecified atom stereocenters. The summed E-state index contributed by atoms with van der Waals surface area (Å²) in [5, 5.41) is 0. The summed E-state index contributed by atoms with van der Waals surface area (Å²) in [5.74, 6) is 0.456. The largest absolute Gasteiger partial charge is 0.492 e. The highest BCUT2D eigenvalue weighted by Crippen LogP contribution is 2.34. The summed E-state index contributed by atoms with van der Waals surface area (Å²) >= 11 is 0. The number of amides is 2. The Morgan fingerprint density at radius 1 is 1.11 bits per heavy atom. The van der Waals surface area contributed by atoms with E-state index in [1.165, 1.54) is 11.1 Å². The third kappa shape index (κ3) is 3.42. The molecule has 2 heterocycles. The van der Waals surface area contributed by atoms with Crippen molar-refractivity contribution >= 4 is 17.5 Å². The number of rotatable bonds is 4. The summed E-state index contributed by atoms with van der Waals surface area (Å²) in [6.45, 7) is 4.23. The van der Waals surface area contributed by atoms with Crippen molar-refractivity contribution in [3.8, 4) is 5.75 Å². The van der Waals surface area contributed by atoms with Gasteiger partial charge in [-0.25, -0.2) is 0 Å². The topological polar surface area (TPSA) is 49.9 Å². The Bertz CT molecular complexity index is 864. The first kappa shape index (κ1) is 17.6. The van der Waals surface area contributed by atoms with Gasteiger partial charge in [-0.05, 0) is 36.6 Å². The van der Waals surface area contributed by atoms with Gasteiger partial charge in [0.05, 0.1) is 18.2 Å². The molecule has 2 aromatic carbocycles. The second kappa shape index (κ2) is 7.43. The van der Waals surface area contributed by atoms with Gasteiger partial charge in [0.1, 0.15) is 5.75 Å². The Morgan fingerprint density at radius 2 is 1.85 bits per heavy atom. The van der Waals surface area contributed by atoms with E-state index in [1.54, 1.807) is 4.90 Å². The maximum atomic E-state index is 13.1. The van der Waals surface area contributed by atoms with Crippen LogP contribution in [0.15, 0.2) is 48.5 Å². The molecular formula is C22H24N2O3. The molecule has 2 aliphatic rings. The van der Waals surface area contributed by atoms with Crippen molar-refractivity contribution < 1.29 is 14.3 Å². The van der Waals surface area contributed by atoms with Gasteiger partial charge < -0.3 is 14.5 Å². The zero-order chi connectivity index (χ0) is 18.8. The highest BCUT2D eigenvalue weighted by Gasteiger charge is 2.38. The van der Waals surface area contributed by atoms with Gasteiger partial charge in [0.15, 0.2) is 0 Å². The normalized spacial score (nSPS) is 19.1. The molecule has 1 saturated heterocycles. The van der Waals surface area contributed by atoms with Crippen LogP contribution < -0.4 is 9.64 Å². The Kier molecular flexibility index (Phi) is 4.84. The number of fused-ring (bicyclic) bond motifs is 1. The summed E-state index contributed by atoms with van der Waals surface area (Å²) < 4.78 is 5.66. The van der Waals surface area contributed by atoms with Crippen molar-refractivity contribution in [2.24, 2.45) is 5.92 Å². The number of para-hydroxylation sites is 2. The number of hydrogen-bond donors (Lipinski definition) is 0. The maximum absolute atomic E-state index is 13.1. The standard InChI is InChI=1S/C22H24N2O3/c1-2-27-20-10-6-5-9-19(20)24-15-18(13-21(24)25)22(26)23-12-11-16-7-3-4-8-17(16)14-23/h3-10,18H,2,11-15H2,1H3/t18-/m0/s1. The fourth-order valence-corrected chi connectivity index (χ4v) is 4.01. The second-order valence-electron chi connectivity index (χ2n) is 7.08. The summed E-state index contributed by atoms with van der Waals surface area (Å²) in [7, 11) is 0. The van der Waals surface area contributed by atoms with Crippen LogP contribution in [0.3, 0.4) is 0 Å². The van der Waals surface area contributed by atoms with Crippen LogP contribution in [0.1, 0.15) is 24.5 Å². The average Bonchev–Trinajstić information content (AvgIpc) is 3.09. The number of ether oxygens (including phenoxy) is 1. The number of benzene rings is 2. The molecule has 2 amide bonds. The lowest BCUT2D eigenvalue weighted by atomic mass is 9.98. The van der Waals surface area contributed by atoms with E-state index in [4.69, 9.17) is 4.74 Å². The van der Waals surface area contributed by atoms with Crippen molar-refractivity contribution in [2.45, 2.75) is 26.3 Å². The fourth-order valence-electron chi connectivity index (χ4n) is 4.01. The van der Waals surface area contributed by atoms with E-state index in [1.807, 2.05) is 48.2 Å². The number of nitrogens with zero attached hydrogens (tertiary/aromatic N) is 2. The highest BCUT2D eigenvalue weighted by molar-refractivity contribution is 6.01. The molecule has 0 saturated carbocycles. The van der Waals surface area contributed by atoms with E-state index < -0.39 is 0 Å². The summed E-state index contributed by atoms with van der Waals surface area (Å²) in [5.41, 5.74) is 3.28. The molecule has 0 radical (unpaired) electrons. The predicted molar refractivity (Wildman–Crippen MR) is 104 cm³/mol. The lowest BCUT2D eigenvalue weighted by molar-refractivity contribution is -0.136. The van der Waals surface area contributed by atoms with Gasteiger partial charge in [0.2, 0.25) is 11.8 Å². The average molecular weight is 364 g/mol. The first-order valence-corrected chi connectivity index (χ1v) is 9.55. The molecule has 1 atom stereocenters. The Morgan fingerprint density at radius 3 is 2.67 bits per heavy atom. The summed E-state index contributed by atoms with van der Waals surface area (Å²) in [6, 6.07) is 15.8. The van der Waals surface area contributed by atoms with Crippen LogP contribution in [0.25, 0.3) is 0 Å². The Labute approximate surface area is 159 Å². The molecule has 0 aliphatic carbocycles. The van der Waals surface area contributed by atoms with Crippen molar-refractivity contribution in [2.75, 3.05) is 24.6 Å². The van der Waals surface area contributed by atoms with Crippen molar-refractivity contribution in [1.29, 1.82) is 0 Å². The first-order valence-electron chi connectivity index (χ1n) is 9.55. The molecule has 2 aromatic rings. The van der Waals surface area contributed by atoms with E-state index in [0.717, 1.165) is 18.7 Å². The summed E-state index contributed by atoms with van der Waals surface area (Å²) in [6.07, 6.45) is 1.14. The van der Waals surface area contributed by atoms with Gasteiger partial charge in [-0.1, -0.05) is 36.4 Å². The van der Waals surface area contributed by atoms with Crippen LogP contribution in [0.2, 0.25) is 0 Å². The molecule has 0 spiro atoms. The van der Waals surface area contributed by atoms with Gasteiger partial charge in [-0.3, -0.25) is 9.59 Å². The molecular weight excluding hydrogens is 340 g/mol. The molecule has 0 aromatic heterocycles. The summed E-state index contributed by atoms with van der Waals surface area (Å²) in [4.78, 5) is 29.3. The van der Waals surface area contributed by atoms with Gasteiger partial charge in [-0.15, -0.1) is 0 Å². The van der Waals surface area contributed by atoms with Crippen molar-refractivity contribution in [1.82, 2.24) is 4.90 Å². The van der Waals surface area contributed by atoms with E-state index in [9.17, 15) is 9.59 Å². The molecule has 5 heteroatoms. The second-order valence-corrected chi connectivity index (χ2v) is 7.08. The monoisotopic (exact) mass is 364 g/mol. The van der Waals surface area contributed by atoms with Crippen LogP contribution >= 0.6 is 0 Å². The maximum Gasteiger partial charge on any atom is 0.228 e. The molecule has 0 bridgehead atoms. The number of anilines is 1. The fraction of sp³-hybridized carbons (Fsp3) is 0.364. The van der Waals surface area contributed by atoms with Gasteiger partial charge in [-0.2, -0.15) is 0 Å². The third-order valence-electron chi connectivity index (χ3n) is 5.37. The number of carbonyl (C=O) groups excluding carboxylic acids is 2. The van der Waals surface area contributed by atoms with Crippen LogP contribution in [-0.4, -0.2) is 36.4 Å². The molecule has 0 N–H and O–H groups in total. The Balaban J connectivity index is 1.49. The molecule has 27 heavy (non-hydrogen) atoms. The van der Waals surface area contributed by atoms with Gasteiger partial charge in [0.25, 0.3) is 0 Å². The van der Waals surface area contributed by atoms with Crippen molar-refractivity contribution in [3.63, 3.8) is 0 Å². The molecule has 5 nitrogen and oxygen atoms in total. The van der Waals surface area contributed by atoms with Crippen LogP contribution in [0.4, 0.5) is 5.69 Å². The molecule has 1 fully saturated rings. The quantitative estimate of drug-likeness (QED) is 0.838. The zero-order valence-electron chi connectivity index (χ0n) is 15.6. The van der Waals surface area contributed by atoms with Crippen LogP contribution in [-0.2, 0) is 22.6 Å². The molecule has 2 aliphatic heterocycles. The van der Waals surface area contributed by atoms with Crippen LogP contribution in [0, 0.1) is 5.92 Å². The lowest BCUT2D eigenvalue weighted by Crippen LogP contribution is -2.40. The lowest BCUT2D eigenvalue weighted by Gasteiger charge is -2.30. The number of hydrogen-bond acceptors (Lipinski definition) is 3. The van der Waals surface area contributed by atoms with E-state index in [-0.39, 0.29) is 24.2 Å².